The second-order valence-corrected chi connectivity index (χ2v) is 6.56. The lowest BCUT2D eigenvalue weighted by atomic mass is 10.4. The molecule has 0 radical (unpaired) electrons. The molecule has 2 heterocycles. The van der Waals surface area contributed by atoms with E-state index in [1.54, 1.807) is 17.5 Å². The number of aromatic nitrogens is 2. The number of carbonyl (C=O) groups excluding carboxylic acids is 1. The molecule has 3 rings (SSSR count). The van der Waals surface area contributed by atoms with Crippen molar-refractivity contribution in [3.63, 3.8) is 0 Å². The molecular formula is C12H15N5OS2. The lowest BCUT2D eigenvalue weighted by Gasteiger charge is -2.01. The Morgan fingerprint density at radius 1 is 1.50 bits per heavy atom. The van der Waals surface area contributed by atoms with E-state index in [1.165, 1.54) is 11.3 Å². The first-order chi connectivity index (χ1) is 9.72. The van der Waals surface area contributed by atoms with Crippen LogP contribution in [0.5, 0.6) is 0 Å². The molecule has 1 aliphatic carbocycles. The minimum Gasteiger partial charge on any atom is -0.382 e. The highest BCUT2D eigenvalue weighted by atomic mass is 32.1. The Hall–Kier alpha value is -1.67. The number of nitrogen functional groups attached to an aromatic ring is 1. The van der Waals surface area contributed by atoms with Crippen LogP contribution in [0.25, 0.3) is 0 Å². The van der Waals surface area contributed by atoms with Gasteiger partial charge in [-0.2, -0.15) is 0 Å². The summed E-state index contributed by atoms with van der Waals surface area (Å²) in [7, 11) is 0. The molecule has 6 nitrogen and oxygen atoms in total. The number of thiazole rings is 2. The van der Waals surface area contributed by atoms with Crippen LogP contribution in [0.3, 0.4) is 0 Å². The zero-order valence-electron chi connectivity index (χ0n) is 10.8. The molecule has 0 bridgehead atoms. The largest absolute Gasteiger partial charge is 0.382 e. The molecule has 1 saturated carbocycles. The number of rotatable bonds is 6. The standard InChI is InChI=1S/C12H15N5OS2/c13-10-9(20-12(17-10)16-7-1-2-7)11(18)15-4-3-8-14-5-6-19-8/h5-7H,1-4,13H2,(H,15,18)(H,16,17). The van der Waals surface area contributed by atoms with E-state index in [-0.39, 0.29) is 5.91 Å². The average molecular weight is 309 g/mol. The SMILES string of the molecule is Nc1nc(NC2CC2)sc1C(=O)NCCc1nccs1. The van der Waals surface area contributed by atoms with Gasteiger partial charge in [0.25, 0.3) is 5.91 Å². The van der Waals surface area contributed by atoms with Crippen LogP contribution in [0, 0.1) is 0 Å². The summed E-state index contributed by atoms with van der Waals surface area (Å²) in [6, 6.07) is 0.501. The normalized spacial score (nSPS) is 14.2. The maximum atomic E-state index is 12.0. The predicted molar refractivity (Wildman–Crippen MR) is 81.3 cm³/mol. The zero-order valence-corrected chi connectivity index (χ0v) is 12.4. The van der Waals surface area contributed by atoms with Crippen molar-refractivity contribution in [2.75, 3.05) is 17.6 Å². The molecule has 0 atom stereocenters. The molecule has 2 aromatic rings. The Balaban J connectivity index is 1.54. The van der Waals surface area contributed by atoms with E-state index >= 15 is 0 Å². The van der Waals surface area contributed by atoms with Gasteiger partial charge < -0.3 is 16.4 Å². The molecule has 8 heteroatoms. The van der Waals surface area contributed by atoms with Crippen LogP contribution in [0.15, 0.2) is 11.6 Å². The van der Waals surface area contributed by atoms with E-state index in [0.29, 0.717) is 23.3 Å². The third-order valence-corrected chi connectivity index (χ3v) is 4.71. The second-order valence-electron chi connectivity index (χ2n) is 4.58. The minimum atomic E-state index is -0.166. The first-order valence-electron chi connectivity index (χ1n) is 6.42. The van der Waals surface area contributed by atoms with Crippen molar-refractivity contribution in [2.24, 2.45) is 0 Å². The van der Waals surface area contributed by atoms with Gasteiger partial charge in [0.15, 0.2) is 5.13 Å². The van der Waals surface area contributed by atoms with Gasteiger partial charge in [0, 0.05) is 30.6 Å². The van der Waals surface area contributed by atoms with E-state index in [2.05, 4.69) is 20.6 Å². The highest BCUT2D eigenvalue weighted by Gasteiger charge is 2.24. The number of hydrogen-bond acceptors (Lipinski definition) is 7. The molecule has 20 heavy (non-hydrogen) atoms. The fourth-order valence-electron chi connectivity index (χ4n) is 1.70. The van der Waals surface area contributed by atoms with Crippen LogP contribution in [0.4, 0.5) is 10.9 Å². The first-order valence-corrected chi connectivity index (χ1v) is 8.11. The van der Waals surface area contributed by atoms with Gasteiger partial charge in [-0.05, 0) is 12.8 Å². The first kappa shape index (κ1) is 13.3. The Morgan fingerprint density at radius 3 is 3.05 bits per heavy atom. The molecule has 1 aliphatic rings. The summed E-state index contributed by atoms with van der Waals surface area (Å²) in [5.41, 5.74) is 5.79. The maximum absolute atomic E-state index is 12.0. The molecule has 0 saturated heterocycles. The highest BCUT2D eigenvalue weighted by Crippen LogP contribution is 2.30. The summed E-state index contributed by atoms with van der Waals surface area (Å²) >= 11 is 2.90. The molecular weight excluding hydrogens is 294 g/mol. The van der Waals surface area contributed by atoms with Crippen LogP contribution >= 0.6 is 22.7 Å². The topological polar surface area (TPSA) is 92.9 Å². The van der Waals surface area contributed by atoms with E-state index in [1.807, 2.05) is 5.38 Å². The second kappa shape index (κ2) is 5.76. The number of amides is 1. The van der Waals surface area contributed by atoms with Gasteiger partial charge in [0.1, 0.15) is 10.7 Å². The van der Waals surface area contributed by atoms with E-state index in [4.69, 9.17) is 5.73 Å². The Kier molecular flexibility index (Phi) is 3.83. The van der Waals surface area contributed by atoms with Gasteiger partial charge in [0.05, 0.1) is 5.01 Å². The molecule has 0 aliphatic heterocycles. The van der Waals surface area contributed by atoms with Crippen molar-refractivity contribution in [1.29, 1.82) is 0 Å². The quantitative estimate of drug-likeness (QED) is 0.755. The molecule has 4 N–H and O–H groups in total. The third-order valence-electron chi connectivity index (χ3n) is 2.87. The van der Waals surface area contributed by atoms with Crippen molar-refractivity contribution in [1.82, 2.24) is 15.3 Å². The average Bonchev–Trinajstić information content (AvgIpc) is 2.94. The number of anilines is 2. The molecule has 1 fully saturated rings. The highest BCUT2D eigenvalue weighted by molar-refractivity contribution is 7.18. The van der Waals surface area contributed by atoms with Gasteiger partial charge in [-0.25, -0.2) is 9.97 Å². The minimum absolute atomic E-state index is 0.166. The molecule has 106 valence electrons. The van der Waals surface area contributed by atoms with E-state index in [9.17, 15) is 4.79 Å². The smallest absolute Gasteiger partial charge is 0.265 e. The fraction of sp³-hybridized carbons (Fsp3) is 0.417. The summed E-state index contributed by atoms with van der Waals surface area (Å²) in [6.45, 7) is 0.551. The number of nitrogens with one attached hydrogen (secondary N) is 2. The van der Waals surface area contributed by atoms with Crippen LogP contribution in [-0.4, -0.2) is 28.5 Å². The van der Waals surface area contributed by atoms with Gasteiger partial charge >= 0.3 is 0 Å². The summed E-state index contributed by atoms with van der Waals surface area (Å²) < 4.78 is 0. The van der Waals surface area contributed by atoms with Crippen molar-refractivity contribution in [3.05, 3.63) is 21.5 Å². The van der Waals surface area contributed by atoms with Crippen molar-refractivity contribution < 1.29 is 4.79 Å². The number of hydrogen-bond donors (Lipinski definition) is 3. The van der Waals surface area contributed by atoms with Crippen LogP contribution in [-0.2, 0) is 6.42 Å². The summed E-state index contributed by atoms with van der Waals surface area (Å²) in [5, 5.41) is 9.77. The Morgan fingerprint density at radius 2 is 2.35 bits per heavy atom. The van der Waals surface area contributed by atoms with E-state index in [0.717, 1.165) is 29.4 Å². The van der Waals surface area contributed by atoms with Crippen LogP contribution in [0.2, 0.25) is 0 Å². The number of carbonyl (C=O) groups is 1. The number of nitrogens with two attached hydrogens (primary N) is 1. The molecule has 2 aromatic heterocycles. The number of nitrogens with zero attached hydrogens (tertiary/aromatic N) is 2. The van der Waals surface area contributed by atoms with Gasteiger partial charge in [-0.15, -0.1) is 11.3 Å². The monoisotopic (exact) mass is 309 g/mol. The maximum Gasteiger partial charge on any atom is 0.265 e. The van der Waals surface area contributed by atoms with Crippen molar-refractivity contribution in [2.45, 2.75) is 25.3 Å². The summed E-state index contributed by atoms with van der Waals surface area (Å²) in [4.78, 5) is 20.9. The molecule has 1 amide bonds. The molecule has 0 spiro atoms. The molecule has 0 unspecified atom stereocenters. The van der Waals surface area contributed by atoms with Crippen LogP contribution in [0.1, 0.15) is 27.5 Å². The lowest BCUT2D eigenvalue weighted by molar-refractivity contribution is 0.0959. The Bertz CT molecular complexity index is 591. The summed E-state index contributed by atoms with van der Waals surface area (Å²) in [5.74, 6) is 0.130. The zero-order chi connectivity index (χ0) is 13.9. The van der Waals surface area contributed by atoms with Crippen molar-refractivity contribution in [3.8, 4) is 0 Å². The van der Waals surface area contributed by atoms with Crippen molar-refractivity contribution >= 4 is 39.5 Å². The predicted octanol–water partition coefficient (Wildman–Crippen LogP) is 1.73. The Labute approximate surface area is 124 Å². The fourth-order valence-corrected chi connectivity index (χ4v) is 3.20. The summed E-state index contributed by atoms with van der Waals surface area (Å²) in [6.07, 6.45) is 4.82. The third kappa shape index (κ3) is 3.26. The van der Waals surface area contributed by atoms with Crippen LogP contribution < -0.4 is 16.4 Å². The van der Waals surface area contributed by atoms with Gasteiger partial charge in [-0.3, -0.25) is 4.79 Å². The van der Waals surface area contributed by atoms with Gasteiger partial charge in [-0.1, -0.05) is 11.3 Å². The lowest BCUT2D eigenvalue weighted by Crippen LogP contribution is -2.25. The van der Waals surface area contributed by atoms with Gasteiger partial charge in [0.2, 0.25) is 0 Å². The van der Waals surface area contributed by atoms with E-state index < -0.39 is 0 Å². The molecule has 0 aromatic carbocycles.